The van der Waals surface area contributed by atoms with Crippen LogP contribution in [0.4, 0.5) is 0 Å². The molecule has 1 fully saturated rings. The zero-order chi connectivity index (χ0) is 33.3. The van der Waals surface area contributed by atoms with Crippen LogP contribution < -0.4 is 5.32 Å². The van der Waals surface area contributed by atoms with Crippen LogP contribution in [0.3, 0.4) is 0 Å². The van der Waals surface area contributed by atoms with Gasteiger partial charge in [-0.05, 0) is 75.7 Å². The Morgan fingerprint density at radius 3 is 2.20 bits per heavy atom. The van der Waals surface area contributed by atoms with E-state index in [4.69, 9.17) is 10.4 Å². The van der Waals surface area contributed by atoms with Crippen LogP contribution in [-0.4, -0.2) is 11.7 Å². The first-order chi connectivity index (χ1) is 21.2. The molecule has 0 aliphatic heterocycles. The third-order valence-electron chi connectivity index (χ3n) is 7.40. The number of nitrogens with one attached hydrogen (secondary N) is 1. The summed E-state index contributed by atoms with van der Waals surface area (Å²) in [6.45, 7) is 23.9. The molecule has 1 aromatic rings. The molecular weight excluding hydrogens is 548 g/mol. The van der Waals surface area contributed by atoms with E-state index in [0.29, 0.717) is 12.8 Å². The number of nitriles is 1. The van der Waals surface area contributed by atoms with Crippen LogP contribution in [0, 0.1) is 23.2 Å². The quantitative estimate of drug-likeness (QED) is 0.0919. The third-order valence-corrected chi connectivity index (χ3v) is 7.40. The number of nitrogens with zero attached hydrogens (tertiary/aromatic N) is 1. The van der Waals surface area contributed by atoms with Gasteiger partial charge in [0.2, 0.25) is 0 Å². The van der Waals surface area contributed by atoms with Crippen molar-refractivity contribution in [1.82, 2.24) is 5.32 Å². The predicted octanol–water partition coefficient (Wildman–Crippen LogP) is 13.4. The van der Waals surface area contributed by atoms with Crippen LogP contribution in [0.25, 0.3) is 0 Å². The van der Waals surface area contributed by atoms with Gasteiger partial charge in [-0.15, -0.1) is 6.58 Å². The Kier molecular flexibility index (Phi) is 36.6. The minimum atomic E-state index is 0. The molecule has 45 heavy (non-hydrogen) atoms. The van der Waals surface area contributed by atoms with E-state index < -0.39 is 0 Å². The number of aliphatic hydroxyl groups excluding tert-OH is 1. The Bertz CT molecular complexity index is 900. The standard InChI is InChI=1S/C16H24.C12H22.C8H15NO.C5H7N.CH4/c1-3-9-15(10-4-1)11-5-2-6-12-16-13-7-8-14-16;1-5-6-7-8-9-12(4)10-11(2)3;1-4-7(2)9-6-5-8(3)10;1-2-3-4-5-6;/h1,3-4,9-10,16H,2,5-8,11-14H2;5-6,11H,4,7-10H2,1-3H3;9-10H,2-6H2,1H3;2H,1,3-4H2;1H4. The number of aliphatic hydroxyl groups is 1. The summed E-state index contributed by atoms with van der Waals surface area (Å²) in [6.07, 6.45) is 26.9. The lowest BCUT2D eigenvalue weighted by Gasteiger charge is -2.07. The molecule has 0 bridgehead atoms. The van der Waals surface area contributed by atoms with Gasteiger partial charge >= 0.3 is 0 Å². The molecule has 1 aliphatic carbocycles. The van der Waals surface area contributed by atoms with Crippen molar-refractivity contribution < 1.29 is 5.11 Å². The number of allylic oxidation sites excluding steroid dienone is 5. The fourth-order valence-corrected chi connectivity index (χ4v) is 4.87. The molecular formula is C42H72N2O. The SMILES string of the molecule is C.C=C(CCCC=CC)CC(C)C.C=C(O)CCNC(=C)CC.C=CCCC#N.c1ccc(CCCCCC2CCCC2)cc1. The van der Waals surface area contributed by atoms with E-state index >= 15 is 0 Å². The summed E-state index contributed by atoms with van der Waals surface area (Å²) >= 11 is 0. The molecule has 0 amide bonds. The summed E-state index contributed by atoms with van der Waals surface area (Å²) < 4.78 is 0. The summed E-state index contributed by atoms with van der Waals surface area (Å²) in [7, 11) is 0. The zero-order valence-electron chi connectivity index (χ0n) is 29.2. The van der Waals surface area contributed by atoms with E-state index in [1.807, 2.05) is 13.0 Å². The number of benzene rings is 1. The van der Waals surface area contributed by atoms with Gasteiger partial charge < -0.3 is 10.4 Å². The Morgan fingerprint density at radius 1 is 1.02 bits per heavy atom. The van der Waals surface area contributed by atoms with Crippen molar-refractivity contribution in [2.24, 2.45) is 11.8 Å². The van der Waals surface area contributed by atoms with Gasteiger partial charge in [0.1, 0.15) is 0 Å². The topological polar surface area (TPSA) is 56.0 Å². The Balaban J connectivity index is -0.000000548. The van der Waals surface area contributed by atoms with Gasteiger partial charge in [0.05, 0.1) is 11.8 Å². The zero-order valence-corrected chi connectivity index (χ0v) is 29.2. The van der Waals surface area contributed by atoms with E-state index in [1.165, 1.54) is 94.6 Å². The highest BCUT2D eigenvalue weighted by molar-refractivity contribution is 5.14. The van der Waals surface area contributed by atoms with Crippen molar-refractivity contribution in [3.05, 3.63) is 97.5 Å². The molecule has 0 aromatic heterocycles. The Labute approximate surface area is 281 Å². The number of hydrogen-bond acceptors (Lipinski definition) is 3. The van der Waals surface area contributed by atoms with Crippen LogP contribution in [0.15, 0.2) is 91.9 Å². The first-order valence-corrected chi connectivity index (χ1v) is 17.3. The molecule has 1 aromatic carbocycles. The molecule has 0 heterocycles. The van der Waals surface area contributed by atoms with Gasteiger partial charge in [0.15, 0.2) is 0 Å². The average Bonchev–Trinajstić information content (AvgIpc) is 3.53. The molecule has 2 N–H and O–H groups in total. The summed E-state index contributed by atoms with van der Waals surface area (Å²) in [5, 5.41) is 19.6. The minimum absolute atomic E-state index is 0. The second-order valence-electron chi connectivity index (χ2n) is 12.2. The lowest BCUT2D eigenvalue weighted by Crippen LogP contribution is -2.13. The molecule has 0 spiro atoms. The highest BCUT2D eigenvalue weighted by atomic mass is 16.3. The predicted molar refractivity (Wildman–Crippen MR) is 203 cm³/mol. The summed E-state index contributed by atoms with van der Waals surface area (Å²) in [5.74, 6) is 2.06. The van der Waals surface area contributed by atoms with Crippen molar-refractivity contribution in [3.8, 4) is 6.07 Å². The number of aryl methyl sites for hydroxylation is 1. The molecule has 1 aliphatic rings. The van der Waals surface area contributed by atoms with Crippen LogP contribution in [0.5, 0.6) is 0 Å². The van der Waals surface area contributed by atoms with Crippen LogP contribution in [0.1, 0.15) is 143 Å². The second kappa shape index (κ2) is 35.5. The monoisotopic (exact) mass is 621 g/mol. The molecule has 0 unspecified atom stereocenters. The van der Waals surface area contributed by atoms with Crippen LogP contribution in [-0.2, 0) is 6.42 Å². The number of rotatable bonds is 19. The second-order valence-corrected chi connectivity index (χ2v) is 12.2. The van der Waals surface area contributed by atoms with E-state index in [2.05, 4.69) is 94.9 Å². The fourth-order valence-electron chi connectivity index (χ4n) is 4.87. The molecule has 0 atom stereocenters. The first-order valence-electron chi connectivity index (χ1n) is 17.3. The lowest BCUT2D eigenvalue weighted by molar-refractivity contribution is 0.389. The Hall–Kier alpha value is -2.99. The lowest BCUT2D eigenvalue weighted by atomic mass is 9.98. The first kappa shape index (κ1) is 46.4. The molecule has 256 valence electrons. The highest BCUT2D eigenvalue weighted by Gasteiger charge is 2.13. The van der Waals surface area contributed by atoms with Gasteiger partial charge in [0.25, 0.3) is 0 Å². The average molecular weight is 621 g/mol. The van der Waals surface area contributed by atoms with E-state index in [-0.39, 0.29) is 13.2 Å². The molecule has 0 saturated heterocycles. The van der Waals surface area contributed by atoms with Crippen molar-refractivity contribution in [1.29, 1.82) is 5.26 Å². The molecule has 3 heteroatoms. The highest BCUT2D eigenvalue weighted by Crippen LogP contribution is 2.29. The summed E-state index contributed by atoms with van der Waals surface area (Å²) in [4.78, 5) is 0. The van der Waals surface area contributed by atoms with E-state index in [0.717, 1.165) is 36.9 Å². The van der Waals surface area contributed by atoms with Crippen LogP contribution >= 0.6 is 0 Å². The van der Waals surface area contributed by atoms with Gasteiger partial charge in [0, 0.05) is 25.1 Å². The smallest absolute Gasteiger partial charge is 0.0868 e. The van der Waals surface area contributed by atoms with Crippen molar-refractivity contribution in [3.63, 3.8) is 0 Å². The van der Waals surface area contributed by atoms with Gasteiger partial charge in [-0.2, -0.15) is 5.26 Å². The van der Waals surface area contributed by atoms with Gasteiger partial charge in [-0.3, -0.25) is 0 Å². The molecule has 1 saturated carbocycles. The Morgan fingerprint density at radius 2 is 1.69 bits per heavy atom. The van der Waals surface area contributed by atoms with E-state index in [9.17, 15) is 0 Å². The van der Waals surface area contributed by atoms with Gasteiger partial charge in [-0.1, -0.05) is 147 Å². The molecule has 2 rings (SSSR count). The van der Waals surface area contributed by atoms with Crippen molar-refractivity contribution >= 4 is 0 Å². The van der Waals surface area contributed by atoms with Crippen molar-refractivity contribution in [2.45, 2.75) is 144 Å². The third kappa shape index (κ3) is 37.1. The van der Waals surface area contributed by atoms with E-state index in [1.54, 1.807) is 6.08 Å². The van der Waals surface area contributed by atoms with Gasteiger partial charge in [-0.25, -0.2) is 0 Å². The normalized spacial score (nSPS) is 11.8. The summed E-state index contributed by atoms with van der Waals surface area (Å²) in [6, 6.07) is 12.9. The maximum atomic E-state index is 8.67. The maximum Gasteiger partial charge on any atom is 0.0868 e. The minimum Gasteiger partial charge on any atom is -0.513 e. The fraction of sp³-hybridized carbons (Fsp3) is 0.595. The number of unbranched alkanes of at least 4 members (excludes halogenated alkanes) is 4. The maximum absolute atomic E-state index is 8.67. The number of hydrogen-bond donors (Lipinski definition) is 2. The molecule has 0 radical (unpaired) electrons. The van der Waals surface area contributed by atoms with Crippen molar-refractivity contribution in [2.75, 3.05) is 6.54 Å². The van der Waals surface area contributed by atoms with Crippen LogP contribution in [0.2, 0.25) is 0 Å². The largest absolute Gasteiger partial charge is 0.513 e. The summed E-state index contributed by atoms with van der Waals surface area (Å²) in [5.41, 5.74) is 3.92. The molecule has 3 nitrogen and oxygen atoms in total.